The van der Waals surface area contributed by atoms with Crippen molar-refractivity contribution < 1.29 is 13.2 Å². The van der Waals surface area contributed by atoms with Crippen molar-refractivity contribution in [3.05, 3.63) is 46.2 Å². The van der Waals surface area contributed by atoms with E-state index >= 15 is 0 Å². The summed E-state index contributed by atoms with van der Waals surface area (Å²) in [5.41, 5.74) is 2.62. The molecule has 0 radical (unpaired) electrons. The number of thiophene rings is 1. The molecule has 8 heteroatoms. The average Bonchev–Trinajstić information content (AvgIpc) is 3.20. The third kappa shape index (κ3) is 3.31. The molecule has 3 aromatic rings. The van der Waals surface area contributed by atoms with Crippen LogP contribution in [0, 0.1) is 13.8 Å². The molecule has 0 aliphatic rings. The highest BCUT2D eigenvalue weighted by Gasteiger charge is 2.22. The molecule has 0 aliphatic heterocycles. The molecule has 0 saturated carbocycles. The molecule has 0 fully saturated rings. The Morgan fingerprint density at radius 2 is 1.92 bits per heavy atom. The van der Waals surface area contributed by atoms with Crippen molar-refractivity contribution in [2.45, 2.75) is 18.7 Å². The zero-order chi connectivity index (χ0) is 17.3. The van der Waals surface area contributed by atoms with Gasteiger partial charge in [-0.2, -0.15) is 0 Å². The fourth-order valence-corrected chi connectivity index (χ4v) is 5.12. The van der Waals surface area contributed by atoms with Crippen LogP contribution in [0.1, 0.15) is 11.1 Å². The number of rotatable bonds is 5. The number of ether oxygens (including phenoxy) is 1. The second kappa shape index (κ2) is 6.54. The number of aryl methyl sites for hydroxylation is 2. The van der Waals surface area contributed by atoms with Gasteiger partial charge in [0.25, 0.3) is 10.0 Å². The first kappa shape index (κ1) is 16.9. The monoisotopic (exact) mass is 380 g/mol. The summed E-state index contributed by atoms with van der Waals surface area (Å²) < 4.78 is 33.2. The standard InChI is InChI=1S/C16H16N2O3S3/c1-10-7-13(21-3)15(8-11(10)2)24(19,20)18-16-17-12(9-23-16)14-5-4-6-22-14/h4-9H,1-3H3,(H,17,18). The molecule has 0 spiro atoms. The molecular formula is C16H16N2O3S3. The quantitative estimate of drug-likeness (QED) is 0.717. The summed E-state index contributed by atoms with van der Waals surface area (Å²) in [4.78, 5) is 5.47. The number of thiazole rings is 1. The molecule has 1 aromatic carbocycles. The molecule has 0 bridgehead atoms. The maximum atomic E-state index is 12.7. The fraction of sp³-hybridized carbons (Fsp3) is 0.188. The summed E-state index contributed by atoms with van der Waals surface area (Å²) in [6.07, 6.45) is 0. The predicted molar refractivity (Wildman–Crippen MR) is 98.7 cm³/mol. The molecule has 2 heterocycles. The van der Waals surface area contributed by atoms with Gasteiger partial charge in [-0.25, -0.2) is 13.4 Å². The topological polar surface area (TPSA) is 68.3 Å². The number of anilines is 1. The summed E-state index contributed by atoms with van der Waals surface area (Å²) in [6, 6.07) is 7.22. The van der Waals surface area contributed by atoms with Crippen molar-refractivity contribution in [2.24, 2.45) is 0 Å². The van der Waals surface area contributed by atoms with Crippen LogP contribution in [-0.2, 0) is 10.0 Å². The van der Waals surface area contributed by atoms with Crippen molar-refractivity contribution in [1.29, 1.82) is 0 Å². The van der Waals surface area contributed by atoms with E-state index in [1.807, 2.05) is 36.7 Å². The molecule has 126 valence electrons. The Hall–Kier alpha value is -1.90. The lowest BCUT2D eigenvalue weighted by Crippen LogP contribution is -2.14. The van der Waals surface area contributed by atoms with E-state index < -0.39 is 10.0 Å². The molecule has 2 aromatic heterocycles. The number of aromatic nitrogens is 1. The average molecular weight is 381 g/mol. The number of hydrogen-bond donors (Lipinski definition) is 1. The van der Waals surface area contributed by atoms with Crippen LogP contribution < -0.4 is 9.46 Å². The molecule has 0 aliphatic carbocycles. The smallest absolute Gasteiger partial charge is 0.267 e. The van der Waals surface area contributed by atoms with Gasteiger partial charge in [0.15, 0.2) is 5.13 Å². The van der Waals surface area contributed by atoms with Gasteiger partial charge >= 0.3 is 0 Å². The van der Waals surface area contributed by atoms with Crippen LogP contribution in [0.3, 0.4) is 0 Å². The van der Waals surface area contributed by atoms with E-state index in [1.165, 1.54) is 18.4 Å². The number of nitrogens with one attached hydrogen (secondary N) is 1. The van der Waals surface area contributed by atoms with Gasteiger partial charge in [0.1, 0.15) is 10.6 Å². The molecular weight excluding hydrogens is 364 g/mol. The first-order valence-corrected chi connectivity index (χ1v) is 10.3. The van der Waals surface area contributed by atoms with Gasteiger partial charge in [-0.1, -0.05) is 6.07 Å². The molecule has 0 atom stereocenters. The van der Waals surface area contributed by atoms with E-state index in [4.69, 9.17) is 4.74 Å². The first-order valence-electron chi connectivity index (χ1n) is 7.08. The Morgan fingerprint density at radius 1 is 1.17 bits per heavy atom. The van der Waals surface area contributed by atoms with E-state index in [-0.39, 0.29) is 4.90 Å². The van der Waals surface area contributed by atoms with Crippen LogP contribution >= 0.6 is 22.7 Å². The zero-order valence-corrected chi connectivity index (χ0v) is 15.8. The highest BCUT2D eigenvalue weighted by atomic mass is 32.2. The van der Waals surface area contributed by atoms with E-state index in [9.17, 15) is 8.42 Å². The summed E-state index contributed by atoms with van der Waals surface area (Å²) in [5.74, 6) is 0.320. The molecule has 24 heavy (non-hydrogen) atoms. The van der Waals surface area contributed by atoms with Crippen LogP contribution in [0.15, 0.2) is 39.9 Å². The van der Waals surface area contributed by atoms with Gasteiger partial charge in [0.2, 0.25) is 0 Å². The van der Waals surface area contributed by atoms with Crippen molar-refractivity contribution >= 4 is 37.8 Å². The number of methoxy groups -OCH3 is 1. The van der Waals surface area contributed by atoms with Crippen molar-refractivity contribution in [2.75, 3.05) is 11.8 Å². The third-order valence-electron chi connectivity index (χ3n) is 3.57. The van der Waals surface area contributed by atoms with Gasteiger partial charge in [0, 0.05) is 5.38 Å². The second-order valence-electron chi connectivity index (χ2n) is 5.21. The van der Waals surface area contributed by atoms with Gasteiger partial charge in [-0.3, -0.25) is 4.72 Å². The predicted octanol–water partition coefficient (Wildman–Crippen LogP) is 4.30. The maximum Gasteiger partial charge on any atom is 0.267 e. The minimum Gasteiger partial charge on any atom is -0.495 e. The number of sulfonamides is 1. The summed E-state index contributed by atoms with van der Waals surface area (Å²) in [5, 5.41) is 4.12. The zero-order valence-electron chi connectivity index (χ0n) is 13.4. The Kier molecular flexibility index (Phi) is 4.62. The Morgan fingerprint density at radius 3 is 2.58 bits per heavy atom. The molecule has 5 nitrogen and oxygen atoms in total. The van der Waals surface area contributed by atoms with Gasteiger partial charge in [0.05, 0.1) is 17.7 Å². The van der Waals surface area contributed by atoms with Crippen LogP contribution in [-0.4, -0.2) is 20.5 Å². The lowest BCUT2D eigenvalue weighted by molar-refractivity contribution is 0.402. The van der Waals surface area contributed by atoms with Crippen LogP contribution in [0.5, 0.6) is 5.75 Å². The van der Waals surface area contributed by atoms with E-state index in [1.54, 1.807) is 23.5 Å². The Bertz CT molecular complexity index is 961. The molecule has 3 rings (SSSR count). The summed E-state index contributed by atoms with van der Waals surface area (Å²) in [7, 11) is -2.31. The van der Waals surface area contributed by atoms with Gasteiger partial charge in [-0.05, 0) is 48.6 Å². The number of nitrogens with zero attached hydrogens (tertiary/aromatic N) is 1. The van der Waals surface area contributed by atoms with Crippen molar-refractivity contribution in [3.8, 4) is 16.3 Å². The lowest BCUT2D eigenvalue weighted by Gasteiger charge is -2.12. The third-order valence-corrected chi connectivity index (χ3v) is 6.71. The minimum atomic E-state index is -3.77. The second-order valence-corrected chi connectivity index (χ2v) is 8.66. The van der Waals surface area contributed by atoms with Crippen LogP contribution in [0.4, 0.5) is 5.13 Å². The van der Waals surface area contributed by atoms with E-state index in [0.29, 0.717) is 10.9 Å². The molecule has 1 N–H and O–H groups in total. The Balaban J connectivity index is 1.94. The van der Waals surface area contributed by atoms with Gasteiger partial charge in [-0.15, -0.1) is 22.7 Å². The Labute approximate surface area is 149 Å². The summed E-state index contributed by atoms with van der Waals surface area (Å²) in [6.45, 7) is 3.78. The lowest BCUT2D eigenvalue weighted by atomic mass is 10.1. The van der Waals surface area contributed by atoms with Crippen molar-refractivity contribution in [3.63, 3.8) is 0 Å². The normalized spacial score (nSPS) is 11.5. The number of benzene rings is 1. The molecule has 0 amide bonds. The van der Waals surface area contributed by atoms with E-state index in [2.05, 4.69) is 9.71 Å². The molecule has 0 unspecified atom stereocenters. The SMILES string of the molecule is COc1cc(C)c(C)cc1S(=O)(=O)Nc1nc(-c2cccs2)cs1. The number of hydrogen-bond acceptors (Lipinski definition) is 6. The highest BCUT2D eigenvalue weighted by molar-refractivity contribution is 7.93. The minimum absolute atomic E-state index is 0.112. The van der Waals surface area contributed by atoms with Gasteiger partial charge < -0.3 is 4.74 Å². The molecule has 0 saturated heterocycles. The van der Waals surface area contributed by atoms with Crippen LogP contribution in [0.2, 0.25) is 0 Å². The highest BCUT2D eigenvalue weighted by Crippen LogP contribution is 2.32. The summed E-state index contributed by atoms with van der Waals surface area (Å²) >= 11 is 2.81. The van der Waals surface area contributed by atoms with Crippen molar-refractivity contribution in [1.82, 2.24) is 4.98 Å². The van der Waals surface area contributed by atoms with E-state index in [0.717, 1.165) is 21.7 Å². The fourth-order valence-electron chi connectivity index (χ4n) is 2.16. The maximum absolute atomic E-state index is 12.7. The largest absolute Gasteiger partial charge is 0.495 e. The first-order chi connectivity index (χ1) is 11.4. The van der Waals surface area contributed by atoms with Crippen LogP contribution in [0.25, 0.3) is 10.6 Å².